The number of rotatable bonds is 4. The summed E-state index contributed by atoms with van der Waals surface area (Å²) in [6, 6.07) is 13.7. The fourth-order valence-corrected chi connectivity index (χ4v) is 2.76. The van der Waals surface area contributed by atoms with Crippen molar-refractivity contribution in [3.8, 4) is 0 Å². The molecule has 0 amide bonds. The Balaban J connectivity index is 2.26. The second-order valence-corrected chi connectivity index (χ2v) is 6.03. The minimum absolute atomic E-state index is 0.211. The highest BCUT2D eigenvalue weighted by Gasteiger charge is 2.11. The molecule has 2 atom stereocenters. The zero-order valence-corrected chi connectivity index (χ0v) is 13.2. The van der Waals surface area contributed by atoms with E-state index in [0.717, 1.165) is 17.5 Å². The fourth-order valence-electron chi connectivity index (χ4n) is 2.21. The lowest BCUT2D eigenvalue weighted by atomic mass is 9.94. The minimum Gasteiger partial charge on any atom is -0.320 e. The molecule has 0 bridgehead atoms. The second-order valence-electron chi connectivity index (χ2n) is 5.16. The molecular formula is C17H19Cl2N. The van der Waals surface area contributed by atoms with Crippen LogP contribution in [0, 0.1) is 0 Å². The van der Waals surface area contributed by atoms with Crippen molar-refractivity contribution in [2.45, 2.75) is 32.2 Å². The predicted octanol–water partition coefficient (Wildman–Crippen LogP) is 5.56. The van der Waals surface area contributed by atoms with Gasteiger partial charge in [0.05, 0.1) is 6.04 Å². The fraction of sp³-hybridized carbons (Fsp3) is 0.294. The van der Waals surface area contributed by atoms with Gasteiger partial charge in [-0.15, -0.1) is 0 Å². The van der Waals surface area contributed by atoms with E-state index in [2.05, 4.69) is 38.1 Å². The first-order valence-electron chi connectivity index (χ1n) is 6.82. The maximum absolute atomic E-state index is 6.30. The van der Waals surface area contributed by atoms with Crippen molar-refractivity contribution >= 4 is 23.2 Å². The van der Waals surface area contributed by atoms with E-state index in [1.165, 1.54) is 5.56 Å². The summed E-state index contributed by atoms with van der Waals surface area (Å²) < 4.78 is 0. The lowest BCUT2D eigenvalue weighted by Gasteiger charge is -2.15. The summed E-state index contributed by atoms with van der Waals surface area (Å²) in [5, 5.41) is 1.22. The average molecular weight is 308 g/mol. The van der Waals surface area contributed by atoms with Gasteiger partial charge >= 0.3 is 0 Å². The molecule has 0 spiro atoms. The molecule has 2 unspecified atom stereocenters. The first-order chi connectivity index (χ1) is 9.51. The summed E-state index contributed by atoms with van der Waals surface area (Å²) in [6.07, 6.45) is 1.13. The normalized spacial score (nSPS) is 14.1. The number of hydrogen-bond donors (Lipinski definition) is 1. The summed E-state index contributed by atoms with van der Waals surface area (Å²) in [4.78, 5) is 0. The summed E-state index contributed by atoms with van der Waals surface area (Å²) >= 11 is 12.1. The van der Waals surface area contributed by atoms with Crippen LogP contribution < -0.4 is 5.73 Å². The Hall–Kier alpha value is -1.02. The van der Waals surface area contributed by atoms with Crippen LogP contribution in [0.2, 0.25) is 10.0 Å². The van der Waals surface area contributed by atoms with Crippen LogP contribution in [0.5, 0.6) is 0 Å². The molecule has 0 aliphatic rings. The van der Waals surface area contributed by atoms with Crippen LogP contribution in [0.3, 0.4) is 0 Å². The maximum atomic E-state index is 6.30. The molecule has 2 aromatic rings. The number of hydrogen-bond acceptors (Lipinski definition) is 1. The highest BCUT2D eigenvalue weighted by atomic mass is 35.5. The van der Waals surface area contributed by atoms with Gasteiger partial charge in [0.1, 0.15) is 0 Å². The van der Waals surface area contributed by atoms with Crippen LogP contribution in [0.15, 0.2) is 42.5 Å². The lowest BCUT2D eigenvalue weighted by molar-refractivity contribution is 0.732. The Morgan fingerprint density at radius 2 is 1.40 bits per heavy atom. The Bertz CT molecular complexity index is 558. The molecule has 0 aliphatic heterocycles. The topological polar surface area (TPSA) is 26.0 Å². The van der Waals surface area contributed by atoms with Gasteiger partial charge in [-0.3, -0.25) is 0 Å². The second kappa shape index (κ2) is 6.62. The third kappa shape index (κ3) is 3.54. The molecule has 0 saturated heterocycles. The molecule has 2 rings (SSSR count). The molecule has 0 heterocycles. The number of nitrogens with two attached hydrogens (primary N) is 1. The van der Waals surface area contributed by atoms with Crippen molar-refractivity contribution in [1.29, 1.82) is 0 Å². The van der Waals surface area contributed by atoms with E-state index in [1.54, 1.807) is 6.07 Å². The zero-order chi connectivity index (χ0) is 14.7. The molecule has 1 nitrogen and oxygen atoms in total. The van der Waals surface area contributed by atoms with Gasteiger partial charge in [0.25, 0.3) is 0 Å². The zero-order valence-electron chi connectivity index (χ0n) is 11.7. The summed E-state index contributed by atoms with van der Waals surface area (Å²) in [5.74, 6) is 0.570. The average Bonchev–Trinajstić information content (AvgIpc) is 2.45. The number of halogens is 2. The van der Waals surface area contributed by atoms with Gasteiger partial charge in [0.15, 0.2) is 0 Å². The highest BCUT2D eigenvalue weighted by Crippen LogP contribution is 2.27. The lowest BCUT2D eigenvalue weighted by Crippen LogP contribution is -2.12. The largest absolute Gasteiger partial charge is 0.320 e. The van der Waals surface area contributed by atoms with Gasteiger partial charge in [0.2, 0.25) is 0 Å². The Morgan fingerprint density at radius 3 is 1.90 bits per heavy atom. The Labute approximate surface area is 130 Å². The van der Waals surface area contributed by atoms with Crippen molar-refractivity contribution < 1.29 is 0 Å². The molecule has 0 saturated carbocycles. The van der Waals surface area contributed by atoms with E-state index in [4.69, 9.17) is 28.9 Å². The predicted molar refractivity (Wildman–Crippen MR) is 87.6 cm³/mol. The Kier molecular flexibility index (Phi) is 5.09. The SMILES string of the molecule is CCC(C)c1ccc(C(N)c2cc(Cl)cc(Cl)c2)cc1. The molecule has 2 N–H and O–H groups in total. The third-order valence-corrected chi connectivity index (χ3v) is 4.16. The van der Waals surface area contributed by atoms with E-state index in [-0.39, 0.29) is 6.04 Å². The molecule has 3 heteroatoms. The molecule has 0 fully saturated rings. The molecule has 0 aliphatic carbocycles. The van der Waals surface area contributed by atoms with E-state index in [9.17, 15) is 0 Å². The standard InChI is InChI=1S/C17H19Cl2N/c1-3-11(2)12-4-6-13(7-5-12)17(20)14-8-15(18)10-16(19)9-14/h4-11,17H,3,20H2,1-2H3. The smallest absolute Gasteiger partial charge is 0.0552 e. The maximum Gasteiger partial charge on any atom is 0.0552 e. The van der Waals surface area contributed by atoms with Crippen LogP contribution >= 0.6 is 23.2 Å². The van der Waals surface area contributed by atoms with Crippen LogP contribution in [0.4, 0.5) is 0 Å². The molecular weight excluding hydrogens is 289 g/mol. The summed E-state index contributed by atoms with van der Waals surface area (Å²) in [5.41, 5.74) is 9.63. The van der Waals surface area contributed by atoms with Crippen molar-refractivity contribution in [3.05, 3.63) is 69.2 Å². The van der Waals surface area contributed by atoms with Gasteiger partial charge in [-0.25, -0.2) is 0 Å². The first-order valence-corrected chi connectivity index (χ1v) is 7.58. The first kappa shape index (κ1) is 15.4. The Morgan fingerprint density at radius 1 is 0.900 bits per heavy atom. The van der Waals surface area contributed by atoms with Crippen molar-refractivity contribution in [2.75, 3.05) is 0 Å². The summed E-state index contributed by atoms with van der Waals surface area (Å²) in [6.45, 7) is 4.42. The van der Waals surface area contributed by atoms with Crippen molar-refractivity contribution in [2.24, 2.45) is 5.73 Å². The van der Waals surface area contributed by atoms with E-state index in [0.29, 0.717) is 16.0 Å². The minimum atomic E-state index is -0.211. The van der Waals surface area contributed by atoms with Gasteiger partial charge in [-0.05, 0) is 47.2 Å². The van der Waals surface area contributed by atoms with Gasteiger partial charge in [-0.2, -0.15) is 0 Å². The van der Waals surface area contributed by atoms with Crippen molar-refractivity contribution in [3.63, 3.8) is 0 Å². The quantitative estimate of drug-likeness (QED) is 0.786. The monoisotopic (exact) mass is 307 g/mol. The van der Waals surface area contributed by atoms with Crippen molar-refractivity contribution in [1.82, 2.24) is 0 Å². The van der Waals surface area contributed by atoms with Crippen LogP contribution in [-0.4, -0.2) is 0 Å². The third-order valence-electron chi connectivity index (χ3n) is 3.72. The van der Waals surface area contributed by atoms with Crippen LogP contribution in [-0.2, 0) is 0 Å². The molecule has 0 aromatic heterocycles. The van der Waals surface area contributed by atoms with Gasteiger partial charge in [-0.1, -0.05) is 61.3 Å². The molecule has 2 aromatic carbocycles. The van der Waals surface area contributed by atoms with Crippen LogP contribution in [0.1, 0.15) is 48.9 Å². The van der Waals surface area contributed by atoms with E-state index in [1.807, 2.05) is 12.1 Å². The number of benzene rings is 2. The molecule has 20 heavy (non-hydrogen) atoms. The highest BCUT2D eigenvalue weighted by molar-refractivity contribution is 6.34. The van der Waals surface area contributed by atoms with Gasteiger partial charge in [0, 0.05) is 10.0 Å². The van der Waals surface area contributed by atoms with Crippen LogP contribution in [0.25, 0.3) is 0 Å². The summed E-state index contributed by atoms with van der Waals surface area (Å²) in [7, 11) is 0. The molecule has 0 radical (unpaired) electrons. The van der Waals surface area contributed by atoms with E-state index >= 15 is 0 Å². The van der Waals surface area contributed by atoms with E-state index < -0.39 is 0 Å². The molecule has 106 valence electrons. The van der Waals surface area contributed by atoms with Gasteiger partial charge < -0.3 is 5.73 Å².